The molecule has 3 aromatic carbocycles. The normalized spacial score (nSPS) is 10.5. The van der Waals surface area contributed by atoms with Crippen molar-refractivity contribution in [2.24, 2.45) is 0 Å². The lowest BCUT2D eigenvalue weighted by Gasteiger charge is -2.20. The maximum Gasteiger partial charge on any atom is 0.256 e. The topological polar surface area (TPSA) is 49.4 Å². The summed E-state index contributed by atoms with van der Waals surface area (Å²) >= 11 is 1.63. The molecule has 5 heteroatoms. The van der Waals surface area contributed by atoms with Crippen LogP contribution in [0.1, 0.15) is 40.1 Å². The van der Waals surface area contributed by atoms with Crippen molar-refractivity contribution in [2.45, 2.75) is 24.5 Å². The highest BCUT2D eigenvalue weighted by atomic mass is 32.2. The van der Waals surface area contributed by atoms with E-state index >= 15 is 0 Å². The van der Waals surface area contributed by atoms with Crippen LogP contribution in [0.5, 0.6) is 0 Å². The van der Waals surface area contributed by atoms with Crippen molar-refractivity contribution in [3.05, 3.63) is 95.6 Å². The van der Waals surface area contributed by atoms with Crippen molar-refractivity contribution in [2.75, 3.05) is 18.4 Å². The number of hydrogen-bond acceptors (Lipinski definition) is 3. The number of thioether (sulfide) groups is 1. The molecule has 0 heterocycles. The Bertz CT molecular complexity index is 1000. The fourth-order valence-electron chi connectivity index (χ4n) is 3.16. The van der Waals surface area contributed by atoms with Gasteiger partial charge in [0.1, 0.15) is 0 Å². The van der Waals surface area contributed by atoms with E-state index in [4.69, 9.17) is 0 Å². The molecule has 0 aliphatic heterocycles. The summed E-state index contributed by atoms with van der Waals surface area (Å²) in [4.78, 5) is 28.6. The second kappa shape index (κ2) is 10.6. The molecule has 30 heavy (non-hydrogen) atoms. The first-order valence-corrected chi connectivity index (χ1v) is 11.1. The Morgan fingerprint density at radius 3 is 2.10 bits per heavy atom. The van der Waals surface area contributed by atoms with E-state index in [1.54, 1.807) is 28.8 Å². The van der Waals surface area contributed by atoms with Gasteiger partial charge in [-0.15, -0.1) is 11.8 Å². The van der Waals surface area contributed by atoms with Crippen molar-refractivity contribution >= 4 is 29.3 Å². The Balaban J connectivity index is 1.80. The van der Waals surface area contributed by atoms with Gasteiger partial charge in [0.2, 0.25) is 0 Å². The van der Waals surface area contributed by atoms with Crippen molar-refractivity contribution in [3.8, 4) is 0 Å². The number of para-hydroxylation sites is 1. The molecule has 3 aromatic rings. The number of carbonyl (C=O) groups is 2. The molecule has 3 rings (SSSR count). The van der Waals surface area contributed by atoms with Crippen LogP contribution in [0.3, 0.4) is 0 Å². The number of rotatable bonds is 8. The van der Waals surface area contributed by atoms with Crippen LogP contribution in [0.2, 0.25) is 0 Å². The van der Waals surface area contributed by atoms with Crippen LogP contribution < -0.4 is 5.32 Å². The SMILES string of the molecule is CCN(CC)C(=O)c1ccccc1NC(=O)c1ccccc1SCc1ccccc1. The van der Waals surface area contributed by atoms with Crippen molar-refractivity contribution in [1.82, 2.24) is 4.90 Å². The summed E-state index contributed by atoms with van der Waals surface area (Å²) in [5, 5.41) is 2.95. The molecule has 0 atom stereocenters. The fourth-order valence-corrected chi connectivity index (χ4v) is 4.17. The molecule has 0 fully saturated rings. The average molecular weight is 419 g/mol. The molecule has 0 aliphatic carbocycles. The highest BCUT2D eigenvalue weighted by molar-refractivity contribution is 7.98. The van der Waals surface area contributed by atoms with Crippen LogP contribution in [0.15, 0.2) is 83.8 Å². The smallest absolute Gasteiger partial charge is 0.256 e. The van der Waals surface area contributed by atoms with E-state index in [1.165, 1.54) is 5.56 Å². The number of carbonyl (C=O) groups excluding carboxylic acids is 2. The minimum absolute atomic E-state index is 0.0809. The first kappa shape index (κ1) is 21.7. The largest absolute Gasteiger partial charge is 0.339 e. The number of hydrogen-bond donors (Lipinski definition) is 1. The predicted octanol–water partition coefficient (Wildman–Crippen LogP) is 5.71. The lowest BCUT2D eigenvalue weighted by Crippen LogP contribution is -2.31. The molecule has 0 aromatic heterocycles. The summed E-state index contributed by atoms with van der Waals surface area (Å²) in [5.41, 5.74) is 2.84. The fraction of sp³-hybridized carbons (Fsp3) is 0.200. The predicted molar refractivity (Wildman–Crippen MR) is 124 cm³/mol. The number of amides is 2. The quantitative estimate of drug-likeness (QED) is 0.477. The van der Waals surface area contributed by atoms with Gasteiger partial charge in [-0.2, -0.15) is 0 Å². The van der Waals surface area contributed by atoms with E-state index in [9.17, 15) is 9.59 Å². The Morgan fingerprint density at radius 1 is 0.800 bits per heavy atom. The van der Waals surface area contributed by atoms with Crippen LogP contribution in [-0.4, -0.2) is 29.8 Å². The van der Waals surface area contributed by atoms with E-state index in [1.807, 2.05) is 68.4 Å². The molecule has 0 bridgehead atoms. The van der Waals surface area contributed by atoms with Crippen LogP contribution in [-0.2, 0) is 5.75 Å². The van der Waals surface area contributed by atoms with Crippen LogP contribution in [0, 0.1) is 0 Å². The lowest BCUT2D eigenvalue weighted by molar-refractivity contribution is 0.0774. The van der Waals surface area contributed by atoms with E-state index < -0.39 is 0 Å². The molecular weight excluding hydrogens is 392 g/mol. The number of benzene rings is 3. The van der Waals surface area contributed by atoms with Gasteiger partial charge in [-0.25, -0.2) is 0 Å². The van der Waals surface area contributed by atoms with Crippen molar-refractivity contribution in [1.29, 1.82) is 0 Å². The lowest BCUT2D eigenvalue weighted by atomic mass is 10.1. The minimum Gasteiger partial charge on any atom is -0.339 e. The van der Waals surface area contributed by atoms with Gasteiger partial charge in [-0.05, 0) is 43.7 Å². The summed E-state index contributed by atoms with van der Waals surface area (Å²) < 4.78 is 0. The molecule has 0 saturated heterocycles. The van der Waals surface area contributed by atoms with Crippen LogP contribution in [0.25, 0.3) is 0 Å². The minimum atomic E-state index is -0.217. The summed E-state index contributed by atoms with van der Waals surface area (Å²) in [6.45, 7) is 5.14. The molecule has 2 amide bonds. The van der Waals surface area contributed by atoms with Crippen molar-refractivity contribution < 1.29 is 9.59 Å². The summed E-state index contributed by atoms with van der Waals surface area (Å²) in [5.74, 6) is 0.482. The molecule has 1 N–H and O–H groups in total. The maximum atomic E-state index is 13.1. The highest BCUT2D eigenvalue weighted by Crippen LogP contribution is 2.27. The molecule has 154 valence electrons. The zero-order valence-corrected chi connectivity index (χ0v) is 18.1. The number of nitrogens with one attached hydrogen (secondary N) is 1. The van der Waals surface area contributed by atoms with Gasteiger partial charge < -0.3 is 10.2 Å². The first-order valence-electron chi connectivity index (χ1n) is 10.1. The van der Waals surface area contributed by atoms with Gasteiger partial charge in [-0.3, -0.25) is 9.59 Å². The third-order valence-corrected chi connectivity index (χ3v) is 5.97. The van der Waals surface area contributed by atoms with E-state index in [0.29, 0.717) is 29.9 Å². The molecule has 0 aliphatic rings. The second-order valence-electron chi connectivity index (χ2n) is 6.75. The van der Waals surface area contributed by atoms with E-state index in [0.717, 1.165) is 10.6 Å². The number of anilines is 1. The Kier molecular flexibility index (Phi) is 7.69. The van der Waals surface area contributed by atoms with Gasteiger partial charge in [-0.1, -0.05) is 54.6 Å². The van der Waals surface area contributed by atoms with E-state index in [-0.39, 0.29) is 11.8 Å². The molecule has 0 spiro atoms. The molecule has 0 unspecified atom stereocenters. The van der Waals surface area contributed by atoms with Gasteiger partial charge in [0.15, 0.2) is 0 Å². The zero-order valence-electron chi connectivity index (χ0n) is 17.3. The first-order chi connectivity index (χ1) is 14.6. The Morgan fingerprint density at radius 2 is 1.40 bits per heavy atom. The zero-order chi connectivity index (χ0) is 21.3. The second-order valence-corrected chi connectivity index (χ2v) is 7.76. The average Bonchev–Trinajstić information content (AvgIpc) is 2.79. The third kappa shape index (κ3) is 5.30. The van der Waals surface area contributed by atoms with Crippen LogP contribution >= 0.6 is 11.8 Å². The molecule has 4 nitrogen and oxygen atoms in total. The standard InChI is InChI=1S/C25H26N2O2S/c1-3-27(4-2)25(29)20-14-8-10-16-22(20)26-24(28)21-15-9-11-17-23(21)30-18-19-12-6-5-7-13-19/h5-17H,3-4,18H2,1-2H3,(H,26,28). The van der Waals surface area contributed by atoms with Gasteiger partial charge in [0.25, 0.3) is 11.8 Å². The van der Waals surface area contributed by atoms with Crippen LogP contribution in [0.4, 0.5) is 5.69 Å². The molecule has 0 saturated carbocycles. The van der Waals surface area contributed by atoms with E-state index in [2.05, 4.69) is 17.4 Å². The maximum absolute atomic E-state index is 13.1. The highest BCUT2D eigenvalue weighted by Gasteiger charge is 2.19. The van der Waals surface area contributed by atoms with Crippen molar-refractivity contribution in [3.63, 3.8) is 0 Å². The Labute approximate surface area is 182 Å². The third-order valence-electron chi connectivity index (χ3n) is 4.83. The summed E-state index contributed by atoms with van der Waals surface area (Å²) in [7, 11) is 0. The van der Waals surface area contributed by atoms with Gasteiger partial charge >= 0.3 is 0 Å². The monoisotopic (exact) mass is 418 g/mol. The summed E-state index contributed by atoms with van der Waals surface area (Å²) in [6.07, 6.45) is 0. The molecular formula is C25H26N2O2S. The number of nitrogens with zero attached hydrogens (tertiary/aromatic N) is 1. The van der Waals surface area contributed by atoms with Gasteiger partial charge in [0.05, 0.1) is 16.8 Å². The Hall–Kier alpha value is -3.05. The summed E-state index contributed by atoms with van der Waals surface area (Å²) in [6, 6.07) is 24.9. The van der Waals surface area contributed by atoms with Gasteiger partial charge in [0, 0.05) is 23.7 Å². The molecule has 0 radical (unpaired) electrons.